The van der Waals surface area contributed by atoms with Gasteiger partial charge in [-0.25, -0.2) is 0 Å². The molecule has 2 atom stereocenters. The first-order valence-electron chi connectivity index (χ1n) is 8.35. The van der Waals surface area contributed by atoms with E-state index in [1.54, 1.807) is 0 Å². The Hall–Kier alpha value is -1.45. The summed E-state index contributed by atoms with van der Waals surface area (Å²) >= 11 is 3.53. The van der Waals surface area contributed by atoms with Crippen molar-refractivity contribution in [3.05, 3.63) is 71.8 Å². The molecule has 24 heavy (non-hydrogen) atoms. The molecule has 0 heterocycles. The molecule has 2 aromatic rings. The third kappa shape index (κ3) is 3.79. The molecule has 2 rings (SSSR count). The van der Waals surface area contributed by atoms with Crippen molar-refractivity contribution in [3.63, 3.8) is 0 Å². The number of ketones is 1. The van der Waals surface area contributed by atoms with E-state index in [0.29, 0.717) is 0 Å². The molecular formula is C21H26BrNO. The first kappa shape index (κ1) is 18.9. The van der Waals surface area contributed by atoms with E-state index >= 15 is 0 Å². The number of Topliss-reactive ketones (excluding diaryl/α,β-unsaturated/α-hetero) is 1. The fourth-order valence-electron chi connectivity index (χ4n) is 3.20. The Labute approximate surface area is 154 Å². The molecule has 0 aliphatic carbocycles. The summed E-state index contributed by atoms with van der Waals surface area (Å²) in [5.74, 6) is 0.202. The third-order valence-corrected chi connectivity index (χ3v) is 5.21. The molecule has 0 amide bonds. The van der Waals surface area contributed by atoms with Crippen LogP contribution in [0, 0.1) is 0 Å². The van der Waals surface area contributed by atoms with Gasteiger partial charge in [-0.2, -0.15) is 0 Å². The maximum absolute atomic E-state index is 13.5. The normalized spacial score (nSPS) is 14.4. The minimum atomic E-state index is -0.658. The summed E-state index contributed by atoms with van der Waals surface area (Å²) < 4.78 is 0. The van der Waals surface area contributed by atoms with Gasteiger partial charge in [0.15, 0.2) is 5.78 Å². The number of hydrogen-bond acceptors (Lipinski definition) is 2. The number of hydrogen-bond donors (Lipinski definition) is 0. The Morgan fingerprint density at radius 2 is 1.38 bits per heavy atom. The van der Waals surface area contributed by atoms with Crippen LogP contribution >= 0.6 is 15.9 Å². The van der Waals surface area contributed by atoms with E-state index in [4.69, 9.17) is 0 Å². The number of benzene rings is 2. The number of carbonyl (C=O) groups is 1. The summed E-state index contributed by atoms with van der Waals surface area (Å²) in [6.45, 7) is 4.09. The van der Waals surface area contributed by atoms with Gasteiger partial charge in [0.25, 0.3) is 0 Å². The lowest BCUT2D eigenvalue weighted by molar-refractivity contribution is -0.123. The maximum Gasteiger partial charge on any atom is 0.161 e. The van der Waals surface area contributed by atoms with Crippen molar-refractivity contribution in [3.8, 4) is 0 Å². The van der Waals surface area contributed by atoms with Crippen molar-refractivity contribution >= 4 is 21.7 Å². The Balaban J connectivity index is 2.71. The SMILES string of the molecule is C[C@@H](Br)C(=O)C(C[C@H](C)N(C)C)(c1ccccc1)c1ccccc1. The van der Waals surface area contributed by atoms with Gasteiger partial charge >= 0.3 is 0 Å². The minimum Gasteiger partial charge on any atom is -0.307 e. The molecule has 0 aromatic heterocycles. The molecule has 0 fully saturated rings. The molecular weight excluding hydrogens is 362 g/mol. The van der Waals surface area contributed by atoms with Crippen LogP contribution < -0.4 is 0 Å². The number of alkyl halides is 1. The topological polar surface area (TPSA) is 20.3 Å². The average Bonchev–Trinajstić information content (AvgIpc) is 2.60. The number of rotatable bonds is 7. The van der Waals surface area contributed by atoms with Crippen LogP contribution in [0.25, 0.3) is 0 Å². The number of nitrogens with zero attached hydrogens (tertiary/aromatic N) is 1. The highest BCUT2D eigenvalue weighted by Crippen LogP contribution is 2.40. The predicted molar refractivity (Wildman–Crippen MR) is 105 cm³/mol. The summed E-state index contributed by atoms with van der Waals surface area (Å²) in [7, 11) is 4.13. The molecule has 3 heteroatoms. The van der Waals surface area contributed by atoms with E-state index in [1.165, 1.54) is 0 Å². The van der Waals surface area contributed by atoms with Crippen molar-refractivity contribution < 1.29 is 4.79 Å². The van der Waals surface area contributed by atoms with Gasteiger partial charge in [0.1, 0.15) is 0 Å². The zero-order valence-corrected chi connectivity index (χ0v) is 16.5. The van der Waals surface area contributed by atoms with Crippen LogP contribution in [0.2, 0.25) is 0 Å². The van der Waals surface area contributed by atoms with Crippen molar-refractivity contribution in [2.24, 2.45) is 0 Å². The average molecular weight is 388 g/mol. The van der Waals surface area contributed by atoms with Gasteiger partial charge in [-0.1, -0.05) is 76.6 Å². The van der Waals surface area contributed by atoms with Gasteiger partial charge in [-0.3, -0.25) is 4.79 Å². The van der Waals surface area contributed by atoms with Crippen LogP contribution in [0.15, 0.2) is 60.7 Å². The quantitative estimate of drug-likeness (QED) is 0.643. The third-order valence-electron chi connectivity index (χ3n) is 4.80. The fourth-order valence-corrected chi connectivity index (χ4v) is 3.59. The van der Waals surface area contributed by atoms with Gasteiger partial charge in [0, 0.05) is 6.04 Å². The van der Waals surface area contributed by atoms with Crippen molar-refractivity contribution in [2.75, 3.05) is 14.1 Å². The number of carbonyl (C=O) groups excluding carboxylic acids is 1. The molecule has 0 radical (unpaired) electrons. The van der Waals surface area contributed by atoms with E-state index < -0.39 is 5.41 Å². The zero-order valence-electron chi connectivity index (χ0n) is 14.9. The second-order valence-electron chi connectivity index (χ2n) is 6.63. The molecule has 2 nitrogen and oxygen atoms in total. The van der Waals surface area contributed by atoms with E-state index in [-0.39, 0.29) is 16.7 Å². The lowest BCUT2D eigenvalue weighted by Crippen LogP contribution is -2.45. The first-order chi connectivity index (χ1) is 11.4. The second kappa shape index (κ2) is 8.09. The molecule has 0 aliphatic rings. The lowest BCUT2D eigenvalue weighted by Gasteiger charge is -2.38. The van der Waals surface area contributed by atoms with Gasteiger partial charge in [0.05, 0.1) is 10.2 Å². The van der Waals surface area contributed by atoms with Gasteiger partial charge < -0.3 is 4.90 Å². The Bertz CT molecular complexity index is 613. The number of halogens is 1. The molecule has 0 spiro atoms. The molecule has 0 aliphatic heterocycles. The Morgan fingerprint density at radius 3 is 1.71 bits per heavy atom. The van der Waals surface area contributed by atoms with Gasteiger partial charge in [-0.05, 0) is 45.5 Å². The fraction of sp³-hybridized carbons (Fsp3) is 0.381. The highest BCUT2D eigenvalue weighted by Gasteiger charge is 2.44. The molecule has 0 saturated carbocycles. The van der Waals surface area contributed by atoms with Crippen LogP contribution in [0.5, 0.6) is 0 Å². The largest absolute Gasteiger partial charge is 0.307 e. The predicted octanol–water partition coefficient (Wildman–Crippen LogP) is 4.67. The monoisotopic (exact) mass is 387 g/mol. The molecule has 2 aromatic carbocycles. The van der Waals surface area contributed by atoms with Gasteiger partial charge in [-0.15, -0.1) is 0 Å². The summed E-state index contributed by atoms with van der Waals surface area (Å²) in [5, 5.41) is 0. The Kier molecular flexibility index (Phi) is 6.36. The van der Waals surface area contributed by atoms with Crippen molar-refractivity contribution in [2.45, 2.75) is 36.6 Å². The van der Waals surface area contributed by atoms with E-state index in [2.05, 4.69) is 66.1 Å². The van der Waals surface area contributed by atoms with Gasteiger partial charge in [0.2, 0.25) is 0 Å². The zero-order chi connectivity index (χ0) is 17.7. The standard InChI is InChI=1S/C21H26BrNO/c1-16(23(3)4)15-21(20(24)17(2)22,18-11-7-5-8-12-18)19-13-9-6-10-14-19/h5-14,16-17H,15H2,1-4H3/t16-,17+/m0/s1. The van der Waals surface area contributed by atoms with E-state index in [0.717, 1.165) is 17.5 Å². The van der Waals surface area contributed by atoms with Crippen LogP contribution in [0.4, 0.5) is 0 Å². The summed E-state index contributed by atoms with van der Waals surface area (Å²) in [6.07, 6.45) is 0.739. The molecule has 0 saturated heterocycles. The first-order valence-corrected chi connectivity index (χ1v) is 9.27. The van der Waals surface area contributed by atoms with Crippen LogP contribution in [0.3, 0.4) is 0 Å². The highest BCUT2D eigenvalue weighted by molar-refractivity contribution is 9.10. The summed E-state index contributed by atoms with van der Waals surface area (Å²) in [6, 6.07) is 20.6. The van der Waals surface area contributed by atoms with E-state index in [9.17, 15) is 4.79 Å². The van der Waals surface area contributed by atoms with E-state index in [1.807, 2.05) is 43.3 Å². The highest BCUT2D eigenvalue weighted by atomic mass is 79.9. The van der Waals surface area contributed by atoms with Crippen LogP contribution in [0.1, 0.15) is 31.4 Å². The second-order valence-corrected chi connectivity index (χ2v) is 8.01. The Morgan fingerprint density at radius 1 is 0.958 bits per heavy atom. The maximum atomic E-state index is 13.5. The molecule has 0 bridgehead atoms. The smallest absolute Gasteiger partial charge is 0.161 e. The molecule has 0 N–H and O–H groups in total. The molecule has 0 unspecified atom stereocenters. The molecule has 128 valence electrons. The van der Waals surface area contributed by atoms with Crippen molar-refractivity contribution in [1.82, 2.24) is 4.90 Å². The van der Waals surface area contributed by atoms with Crippen LogP contribution in [-0.2, 0) is 10.2 Å². The minimum absolute atomic E-state index is 0.202. The summed E-state index contributed by atoms with van der Waals surface area (Å²) in [4.78, 5) is 15.4. The van der Waals surface area contributed by atoms with Crippen molar-refractivity contribution in [1.29, 1.82) is 0 Å². The lowest BCUT2D eigenvalue weighted by atomic mass is 9.67. The van der Waals surface area contributed by atoms with Crippen LogP contribution in [-0.4, -0.2) is 35.6 Å². The summed E-state index contributed by atoms with van der Waals surface area (Å²) in [5.41, 5.74) is 1.46.